The molecule has 0 atom stereocenters. The van der Waals surface area contributed by atoms with E-state index in [-0.39, 0.29) is 0 Å². The fourth-order valence-corrected chi connectivity index (χ4v) is 2.47. The van der Waals surface area contributed by atoms with Crippen LogP contribution in [0, 0.1) is 13.8 Å². The summed E-state index contributed by atoms with van der Waals surface area (Å²) < 4.78 is 10.8. The monoisotopic (exact) mass is 346 g/mol. The van der Waals surface area contributed by atoms with E-state index in [1.54, 1.807) is 61.5 Å². The van der Waals surface area contributed by atoms with Crippen molar-refractivity contribution >= 4 is 11.9 Å². The molecule has 0 heterocycles. The molecule has 130 valence electrons. The topological polar surface area (TPSA) is 52.6 Å². The highest BCUT2D eigenvalue weighted by molar-refractivity contribution is 5.92. The smallest absolute Gasteiger partial charge is 0.343 e. The Bertz CT molecular complexity index is 945. The van der Waals surface area contributed by atoms with Gasteiger partial charge in [-0.05, 0) is 61.9 Å². The lowest BCUT2D eigenvalue weighted by Gasteiger charge is -2.10. The summed E-state index contributed by atoms with van der Waals surface area (Å²) in [6.45, 7) is 3.70. The van der Waals surface area contributed by atoms with Crippen molar-refractivity contribution in [2.24, 2.45) is 0 Å². The molecule has 0 amide bonds. The summed E-state index contributed by atoms with van der Waals surface area (Å²) in [5.41, 5.74) is 2.65. The van der Waals surface area contributed by atoms with Crippen molar-refractivity contribution in [1.29, 1.82) is 0 Å². The van der Waals surface area contributed by atoms with Gasteiger partial charge in [-0.1, -0.05) is 35.9 Å². The Balaban J connectivity index is 1.71. The van der Waals surface area contributed by atoms with Crippen LogP contribution in [0.3, 0.4) is 0 Å². The molecule has 3 aromatic carbocycles. The molecule has 0 fully saturated rings. The summed E-state index contributed by atoms with van der Waals surface area (Å²) in [6.07, 6.45) is 0. The lowest BCUT2D eigenvalue weighted by atomic mass is 10.1. The Morgan fingerprint density at radius 2 is 1.38 bits per heavy atom. The molecular weight excluding hydrogens is 328 g/mol. The van der Waals surface area contributed by atoms with Gasteiger partial charge in [0.2, 0.25) is 0 Å². The molecule has 0 aromatic heterocycles. The molecule has 3 rings (SSSR count). The number of hydrogen-bond acceptors (Lipinski definition) is 4. The second-order valence-electron chi connectivity index (χ2n) is 5.94. The molecule has 0 aliphatic rings. The normalized spacial score (nSPS) is 10.2. The fourth-order valence-electron chi connectivity index (χ4n) is 2.47. The highest BCUT2D eigenvalue weighted by Crippen LogP contribution is 2.25. The molecule has 0 radical (unpaired) electrons. The third kappa shape index (κ3) is 4.16. The van der Waals surface area contributed by atoms with Gasteiger partial charge in [0.1, 0.15) is 11.5 Å². The van der Waals surface area contributed by atoms with Gasteiger partial charge in [-0.25, -0.2) is 9.59 Å². The van der Waals surface area contributed by atoms with Gasteiger partial charge >= 0.3 is 11.9 Å². The van der Waals surface area contributed by atoms with Crippen molar-refractivity contribution in [1.82, 2.24) is 0 Å². The standard InChI is InChI=1S/C22H18O4/c1-15-7-6-10-18(13-15)22(24)26-20-12-11-19(14-16(20)2)25-21(23)17-8-4-3-5-9-17/h3-14H,1-2H3. The molecule has 26 heavy (non-hydrogen) atoms. The first kappa shape index (κ1) is 17.4. The third-order valence-corrected chi connectivity index (χ3v) is 3.82. The molecule has 0 N–H and O–H groups in total. The predicted octanol–water partition coefficient (Wildman–Crippen LogP) is 4.74. The Hall–Kier alpha value is -3.40. The van der Waals surface area contributed by atoms with E-state index >= 15 is 0 Å². The molecule has 0 spiro atoms. The van der Waals surface area contributed by atoms with Crippen LogP contribution in [0.5, 0.6) is 11.5 Å². The predicted molar refractivity (Wildman–Crippen MR) is 98.7 cm³/mol. The fraction of sp³-hybridized carbons (Fsp3) is 0.0909. The number of ether oxygens (including phenoxy) is 2. The van der Waals surface area contributed by atoms with Crippen LogP contribution in [0.2, 0.25) is 0 Å². The minimum atomic E-state index is -0.436. The minimum Gasteiger partial charge on any atom is -0.423 e. The molecule has 4 nitrogen and oxygen atoms in total. The first-order valence-corrected chi connectivity index (χ1v) is 8.19. The molecule has 0 aliphatic heterocycles. The largest absolute Gasteiger partial charge is 0.423 e. The van der Waals surface area contributed by atoms with Gasteiger partial charge in [0, 0.05) is 0 Å². The van der Waals surface area contributed by atoms with E-state index in [0.29, 0.717) is 28.2 Å². The van der Waals surface area contributed by atoms with Crippen molar-refractivity contribution < 1.29 is 19.1 Å². The first-order chi connectivity index (χ1) is 12.5. The number of hydrogen-bond donors (Lipinski definition) is 0. The summed E-state index contributed by atoms with van der Waals surface area (Å²) in [7, 11) is 0. The zero-order valence-electron chi connectivity index (χ0n) is 14.6. The molecule has 4 heteroatoms. The van der Waals surface area contributed by atoms with Crippen LogP contribution >= 0.6 is 0 Å². The summed E-state index contributed by atoms with van der Waals surface area (Å²) in [5.74, 6) is -0.0388. The summed E-state index contributed by atoms with van der Waals surface area (Å²) in [6, 6.07) is 20.9. The lowest BCUT2D eigenvalue weighted by molar-refractivity contribution is 0.0718. The van der Waals surface area contributed by atoms with Crippen molar-refractivity contribution in [3.63, 3.8) is 0 Å². The lowest BCUT2D eigenvalue weighted by Crippen LogP contribution is -2.10. The number of esters is 2. The van der Waals surface area contributed by atoms with Gasteiger partial charge in [0.15, 0.2) is 0 Å². The van der Waals surface area contributed by atoms with Crippen LogP contribution < -0.4 is 9.47 Å². The molecule has 0 saturated carbocycles. The van der Waals surface area contributed by atoms with E-state index in [2.05, 4.69) is 0 Å². The molecule has 0 aliphatic carbocycles. The van der Waals surface area contributed by atoms with Crippen LogP contribution in [0.1, 0.15) is 31.8 Å². The van der Waals surface area contributed by atoms with E-state index in [1.165, 1.54) is 0 Å². The molecule has 0 unspecified atom stereocenters. The number of benzene rings is 3. The van der Waals surface area contributed by atoms with Gasteiger partial charge in [0.05, 0.1) is 11.1 Å². The van der Waals surface area contributed by atoms with E-state index in [1.807, 2.05) is 25.1 Å². The SMILES string of the molecule is Cc1cccc(C(=O)Oc2ccc(OC(=O)c3ccccc3)cc2C)c1. The van der Waals surface area contributed by atoms with E-state index in [4.69, 9.17) is 9.47 Å². The highest BCUT2D eigenvalue weighted by atomic mass is 16.5. The van der Waals surface area contributed by atoms with Crippen LogP contribution in [0.25, 0.3) is 0 Å². The number of aryl methyl sites for hydroxylation is 2. The summed E-state index contributed by atoms with van der Waals surface area (Å²) >= 11 is 0. The Kier molecular flexibility index (Phi) is 5.13. The zero-order valence-corrected chi connectivity index (χ0v) is 14.6. The maximum atomic E-state index is 12.3. The summed E-state index contributed by atoms with van der Waals surface area (Å²) in [5, 5.41) is 0. The number of rotatable bonds is 4. The van der Waals surface area contributed by atoms with E-state index < -0.39 is 11.9 Å². The quantitative estimate of drug-likeness (QED) is 0.506. The average molecular weight is 346 g/mol. The summed E-state index contributed by atoms with van der Waals surface area (Å²) in [4.78, 5) is 24.4. The van der Waals surface area contributed by atoms with Crippen LogP contribution in [-0.4, -0.2) is 11.9 Å². The van der Waals surface area contributed by atoms with Gasteiger partial charge in [0.25, 0.3) is 0 Å². The maximum absolute atomic E-state index is 12.3. The van der Waals surface area contributed by atoms with Crippen molar-refractivity contribution in [2.45, 2.75) is 13.8 Å². The first-order valence-electron chi connectivity index (χ1n) is 8.19. The van der Waals surface area contributed by atoms with E-state index in [0.717, 1.165) is 5.56 Å². The Labute approximate surface area is 152 Å². The average Bonchev–Trinajstić information content (AvgIpc) is 2.64. The molecule has 0 saturated heterocycles. The zero-order chi connectivity index (χ0) is 18.5. The molecular formula is C22H18O4. The Morgan fingerprint density at radius 3 is 2.08 bits per heavy atom. The second kappa shape index (κ2) is 7.66. The number of carbonyl (C=O) groups is 2. The van der Waals surface area contributed by atoms with Gasteiger partial charge in [-0.2, -0.15) is 0 Å². The van der Waals surface area contributed by atoms with Crippen LogP contribution in [0.15, 0.2) is 72.8 Å². The van der Waals surface area contributed by atoms with Crippen LogP contribution in [0.4, 0.5) is 0 Å². The highest BCUT2D eigenvalue weighted by Gasteiger charge is 2.13. The van der Waals surface area contributed by atoms with Crippen molar-refractivity contribution in [2.75, 3.05) is 0 Å². The minimum absolute atomic E-state index is 0.395. The van der Waals surface area contributed by atoms with Crippen molar-refractivity contribution in [3.8, 4) is 11.5 Å². The maximum Gasteiger partial charge on any atom is 0.343 e. The van der Waals surface area contributed by atoms with Gasteiger partial charge in [-0.15, -0.1) is 0 Å². The van der Waals surface area contributed by atoms with Crippen LogP contribution in [-0.2, 0) is 0 Å². The van der Waals surface area contributed by atoms with E-state index in [9.17, 15) is 9.59 Å². The number of carbonyl (C=O) groups excluding carboxylic acids is 2. The molecule has 3 aromatic rings. The molecule has 0 bridgehead atoms. The third-order valence-electron chi connectivity index (χ3n) is 3.82. The van der Waals surface area contributed by atoms with Gasteiger partial charge in [-0.3, -0.25) is 0 Å². The second-order valence-corrected chi connectivity index (χ2v) is 5.94. The Morgan fingerprint density at radius 1 is 0.692 bits per heavy atom. The van der Waals surface area contributed by atoms with Gasteiger partial charge < -0.3 is 9.47 Å². The van der Waals surface area contributed by atoms with Crippen molar-refractivity contribution in [3.05, 3.63) is 95.1 Å².